The van der Waals surface area contributed by atoms with E-state index in [4.69, 9.17) is 15.7 Å². The van der Waals surface area contributed by atoms with Gasteiger partial charge in [0.15, 0.2) is 5.84 Å². The molecule has 0 heterocycles. The van der Waals surface area contributed by atoms with Crippen molar-refractivity contribution in [3.63, 3.8) is 0 Å². The van der Waals surface area contributed by atoms with Gasteiger partial charge in [-0.15, -0.1) is 0 Å². The number of amidine groups is 1. The van der Waals surface area contributed by atoms with Crippen molar-refractivity contribution >= 4 is 5.84 Å². The third-order valence-corrected chi connectivity index (χ3v) is 2.55. The van der Waals surface area contributed by atoms with Crippen molar-refractivity contribution in [2.24, 2.45) is 10.9 Å². The van der Waals surface area contributed by atoms with Crippen LogP contribution in [0.3, 0.4) is 0 Å². The summed E-state index contributed by atoms with van der Waals surface area (Å²) in [6.45, 7) is 3.39. The van der Waals surface area contributed by atoms with Crippen LogP contribution in [0.1, 0.15) is 18.1 Å². The van der Waals surface area contributed by atoms with Crippen LogP contribution in [0.25, 0.3) is 0 Å². The van der Waals surface area contributed by atoms with Crippen molar-refractivity contribution in [2.75, 3.05) is 13.7 Å². The van der Waals surface area contributed by atoms with Crippen LogP contribution in [0.4, 0.5) is 0 Å². The third-order valence-electron chi connectivity index (χ3n) is 2.55. The minimum atomic E-state index is 0.127. The number of benzene rings is 1. The van der Waals surface area contributed by atoms with Crippen molar-refractivity contribution in [3.8, 4) is 0 Å². The lowest BCUT2D eigenvalue weighted by atomic mass is 10.1. The molecule has 0 spiro atoms. The first-order chi connectivity index (χ1) is 8.19. The fourth-order valence-corrected chi connectivity index (χ4v) is 1.47. The van der Waals surface area contributed by atoms with Gasteiger partial charge in [0, 0.05) is 25.8 Å². The van der Waals surface area contributed by atoms with Gasteiger partial charge in [-0.1, -0.05) is 29.4 Å². The van der Waals surface area contributed by atoms with E-state index in [1.807, 2.05) is 31.2 Å². The second-order valence-corrected chi connectivity index (χ2v) is 3.82. The van der Waals surface area contributed by atoms with Gasteiger partial charge < -0.3 is 21.0 Å². The van der Waals surface area contributed by atoms with Gasteiger partial charge in [0.25, 0.3) is 0 Å². The molecule has 0 amide bonds. The Hall–Kier alpha value is -1.59. The number of oxime groups is 1. The Morgan fingerprint density at radius 3 is 2.88 bits per heavy atom. The lowest BCUT2D eigenvalue weighted by Crippen LogP contribution is -2.27. The highest BCUT2D eigenvalue weighted by Crippen LogP contribution is 2.08. The van der Waals surface area contributed by atoms with Gasteiger partial charge >= 0.3 is 0 Å². The molecular formula is C12H19N3O2. The molecular weight excluding hydrogens is 218 g/mol. The highest BCUT2D eigenvalue weighted by molar-refractivity contribution is 5.98. The van der Waals surface area contributed by atoms with Gasteiger partial charge in [-0.2, -0.15) is 0 Å². The predicted octanol–water partition coefficient (Wildman–Crippen LogP) is 0.906. The SMILES string of the molecule is COC(C)CNCc1ccccc1/C(N)=N/O. The van der Waals surface area contributed by atoms with Crippen LogP contribution in [-0.2, 0) is 11.3 Å². The number of nitrogens with two attached hydrogens (primary N) is 1. The third kappa shape index (κ3) is 4.05. The molecule has 1 aromatic rings. The van der Waals surface area contributed by atoms with Crippen LogP contribution in [0.15, 0.2) is 29.4 Å². The summed E-state index contributed by atoms with van der Waals surface area (Å²) >= 11 is 0. The van der Waals surface area contributed by atoms with Gasteiger partial charge in [-0.05, 0) is 12.5 Å². The Labute approximate surface area is 101 Å². The van der Waals surface area contributed by atoms with Gasteiger partial charge in [-0.3, -0.25) is 0 Å². The van der Waals surface area contributed by atoms with E-state index in [0.717, 1.165) is 17.7 Å². The van der Waals surface area contributed by atoms with Crippen LogP contribution in [0.2, 0.25) is 0 Å². The van der Waals surface area contributed by atoms with Crippen LogP contribution in [-0.4, -0.2) is 30.8 Å². The molecule has 17 heavy (non-hydrogen) atoms. The summed E-state index contributed by atoms with van der Waals surface area (Å²) in [5, 5.41) is 15.0. The fourth-order valence-electron chi connectivity index (χ4n) is 1.47. The minimum absolute atomic E-state index is 0.127. The van der Waals surface area contributed by atoms with E-state index in [1.54, 1.807) is 7.11 Å². The van der Waals surface area contributed by atoms with E-state index in [2.05, 4.69) is 10.5 Å². The maximum Gasteiger partial charge on any atom is 0.170 e. The molecule has 0 aliphatic heterocycles. The first-order valence-electron chi connectivity index (χ1n) is 5.48. The molecule has 0 saturated heterocycles. The topological polar surface area (TPSA) is 79.9 Å². The lowest BCUT2D eigenvalue weighted by Gasteiger charge is -2.12. The monoisotopic (exact) mass is 237 g/mol. The first kappa shape index (κ1) is 13.5. The summed E-state index contributed by atoms with van der Waals surface area (Å²) in [5.41, 5.74) is 7.34. The largest absolute Gasteiger partial charge is 0.409 e. The van der Waals surface area contributed by atoms with Gasteiger partial charge in [0.05, 0.1) is 6.10 Å². The molecule has 1 aromatic carbocycles. The molecule has 5 nitrogen and oxygen atoms in total. The first-order valence-corrected chi connectivity index (χ1v) is 5.48. The number of nitrogens with one attached hydrogen (secondary N) is 1. The zero-order valence-corrected chi connectivity index (χ0v) is 10.2. The second kappa shape index (κ2) is 6.88. The van der Waals surface area contributed by atoms with Crippen molar-refractivity contribution in [1.82, 2.24) is 5.32 Å². The van der Waals surface area contributed by atoms with Crippen molar-refractivity contribution in [1.29, 1.82) is 0 Å². The van der Waals surface area contributed by atoms with Crippen molar-refractivity contribution < 1.29 is 9.94 Å². The summed E-state index contributed by atoms with van der Waals surface area (Å²) in [7, 11) is 1.68. The predicted molar refractivity (Wildman–Crippen MR) is 67.1 cm³/mol. The Bertz CT molecular complexity index is 380. The number of hydrogen-bond acceptors (Lipinski definition) is 4. The van der Waals surface area contributed by atoms with E-state index in [0.29, 0.717) is 6.54 Å². The van der Waals surface area contributed by atoms with Gasteiger partial charge in [-0.25, -0.2) is 0 Å². The van der Waals surface area contributed by atoms with Crippen molar-refractivity contribution in [3.05, 3.63) is 35.4 Å². The Kier molecular flexibility index (Phi) is 5.45. The maximum absolute atomic E-state index is 8.69. The highest BCUT2D eigenvalue weighted by atomic mass is 16.5. The van der Waals surface area contributed by atoms with E-state index < -0.39 is 0 Å². The zero-order chi connectivity index (χ0) is 12.7. The summed E-state index contributed by atoms with van der Waals surface area (Å²) in [6.07, 6.45) is 0.158. The number of methoxy groups -OCH3 is 1. The Morgan fingerprint density at radius 2 is 2.24 bits per heavy atom. The molecule has 1 atom stereocenters. The second-order valence-electron chi connectivity index (χ2n) is 3.82. The summed E-state index contributed by atoms with van der Waals surface area (Å²) in [5.74, 6) is 0.127. The number of hydrogen-bond donors (Lipinski definition) is 3. The smallest absolute Gasteiger partial charge is 0.170 e. The molecule has 0 saturated carbocycles. The molecule has 94 valence electrons. The van der Waals surface area contributed by atoms with Crippen LogP contribution < -0.4 is 11.1 Å². The molecule has 1 unspecified atom stereocenters. The molecule has 0 aliphatic rings. The molecule has 1 rings (SSSR count). The number of rotatable bonds is 6. The maximum atomic E-state index is 8.69. The minimum Gasteiger partial charge on any atom is -0.409 e. The van der Waals surface area contributed by atoms with Gasteiger partial charge in [0.2, 0.25) is 0 Å². The molecule has 5 heteroatoms. The quantitative estimate of drug-likeness (QED) is 0.297. The van der Waals surface area contributed by atoms with E-state index in [1.165, 1.54) is 0 Å². The molecule has 0 radical (unpaired) electrons. The van der Waals surface area contributed by atoms with E-state index in [9.17, 15) is 0 Å². The normalized spacial score (nSPS) is 13.6. The lowest BCUT2D eigenvalue weighted by molar-refractivity contribution is 0.117. The average Bonchev–Trinajstić information content (AvgIpc) is 2.38. The molecule has 0 fully saturated rings. The molecule has 0 aliphatic carbocycles. The van der Waals surface area contributed by atoms with Crippen LogP contribution >= 0.6 is 0 Å². The van der Waals surface area contributed by atoms with E-state index in [-0.39, 0.29) is 11.9 Å². The van der Waals surface area contributed by atoms with Crippen LogP contribution in [0, 0.1) is 0 Å². The summed E-state index contributed by atoms with van der Waals surface area (Å²) in [6, 6.07) is 7.54. The standard InChI is InChI=1S/C12H19N3O2/c1-9(17-2)7-14-8-10-5-3-4-6-11(10)12(13)15-16/h3-6,9,14,16H,7-8H2,1-2H3,(H2,13,15). The number of nitrogens with zero attached hydrogens (tertiary/aromatic N) is 1. The Morgan fingerprint density at radius 1 is 1.53 bits per heavy atom. The van der Waals surface area contributed by atoms with Gasteiger partial charge in [0.1, 0.15) is 0 Å². The zero-order valence-electron chi connectivity index (χ0n) is 10.2. The highest BCUT2D eigenvalue weighted by Gasteiger charge is 2.06. The van der Waals surface area contributed by atoms with Crippen LogP contribution in [0.5, 0.6) is 0 Å². The molecule has 0 bridgehead atoms. The summed E-state index contributed by atoms with van der Waals surface area (Å²) in [4.78, 5) is 0. The fraction of sp³-hybridized carbons (Fsp3) is 0.417. The van der Waals surface area contributed by atoms with E-state index >= 15 is 0 Å². The number of ether oxygens (including phenoxy) is 1. The molecule has 0 aromatic heterocycles. The summed E-state index contributed by atoms with van der Waals surface area (Å²) < 4.78 is 5.14. The van der Waals surface area contributed by atoms with Crippen molar-refractivity contribution in [2.45, 2.75) is 19.6 Å². The Balaban J connectivity index is 2.64. The average molecular weight is 237 g/mol. The molecule has 4 N–H and O–H groups in total.